The van der Waals surface area contributed by atoms with Gasteiger partial charge in [0.1, 0.15) is 6.04 Å². The quantitative estimate of drug-likeness (QED) is 0.299. The Hall–Kier alpha value is -3.51. The average molecular weight is 418 g/mol. The normalized spacial score (nSPS) is 11.7. The molecule has 0 heterocycles. The summed E-state index contributed by atoms with van der Waals surface area (Å²) in [7, 11) is 0. The zero-order valence-electron chi connectivity index (χ0n) is 17.3. The van der Waals surface area contributed by atoms with Crippen LogP contribution in [0.1, 0.15) is 35.2 Å². The first-order valence-corrected chi connectivity index (χ1v) is 10.3. The van der Waals surface area contributed by atoms with E-state index in [1.165, 1.54) is 5.56 Å². The maximum Gasteiger partial charge on any atom is 0.345 e. The van der Waals surface area contributed by atoms with Crippen LogP contribution in [0.25, 0.3) is 10.8 Å². The fraction of sp³-hybridized carbons (Fsp3) is 0.240. The van der Waals surface area contributed by atoms with Gasteiger partial charge in [0.25, 0.3) is 0 Å². The predicted octanol–water partition coefficient (Wildman–Crippen LogP) is 3.38. The lowest BCUT2D eigenvalue weighted by molar-refractivity contribution is -0.140. The standard InChI is InChI=1S/C25H26N2O4/c26-23(28)15-14-22(27-16-6-9-18-7-2-1-3-8-18)25(30)31-24(29)21-13-12-19-10-4-5-11-20(19)17-21/h1-5,7-8,10-13,17,22,27H,6,9,14-16H2,(H2,26,28)/t22-/m0/s1. The van der Waals surface area contributed by atoms with Gasteiger partial charge in [0.2, 0.25) is 5.91 Å². The van der Waals surface area contributed by atoms with E-state index in [0.29, 0.717) is 12.1 Å². The summed E-state index contributed by atoms with van der Waals surface area (Å²) in [6, 6.07) is 22.0. The molecular weight excluding hydrogens is 392 g/mol. The van der Waals surface area contributed by atoms with E-state index in [1.807, 2.05) is 60.7 Å². The first-order chi connectivity index (χ1) is 15.0. The predicted molar refractivity (Wildman–Crippen MR) is 119 cm³/mol. The summed E-state index contributed by atoms with van der Waals surface area (Å²) < 4.78 is 5.10. The van der Waals surface area contributed by atoms with Crippen LogP contribution in [-0.4, -0.2) is 30.4 Å². The van der Waals surface area contributed by atoms with Crippen LogP contribution in [0.15, 0.2) is 72.8 Å². The smallest absolute Gasteiger partial charge is 0.345 e. The highest BCUT2D eigenvalue weighted by atomic mass is 16.6. The largest absolute Gasteiger partial charge is 0.388 e. The van der Waals surface area contributed by atoms with Gasteiger partial charge in [0.05, 0.1) is 5.56 Å². The van der Waals surface area contributed by atoms with Gasteiger partial charge in [-0.25, -0.2) is 9.59 Å². The molecule has 0 aliphatic rings. The van der Waals surface area contributed by atoms with Crippen LogP contribution in [0.4, 0.5) is 0 Å². The highest BCUT2D eigenvalue weighted by Crippen LogP contribution is 2.16. The lowest BCUT2D eigenvalue weighted by Gasteiger charge is -2.16. The number of ether oxygens (including phenoxy) is 1. The zero-order valence-corrected chi connectivity index (χ0v) is 17.3. The summed E-state index contributed by atoms with van der Waals surface area (Å²) >= 11 is 0. The molecule has 0 bridgehead atoms. The summed E-state index contributed by atoms with van der Waals surface area (Å²) in [6.45, 7) is 0.539. The topological polar surface area (TPSA) is 98.5 Å². The summed E-state index contributed by atoms with van der Waals surface area (Å²) in [5, 5.41) is 4.97. The van der Waals surface area contributed by atoms with E-state index in [0.717, 1.165) is 23.6 Å². The van der Waals surface area contributed by atoms with Crippen LogP contribution in [0, 0.1) is 0 Å². The third-order valence-corrected chi connectivity index (χ3v) is 5.02. The van der Waals surface area contributed by atoms with Crippen molar-refractivity contribution in [3.8, 4) is 0 Å². The summed E-state index contributed by atoms with van der Waals surface area (Å²) in [6.07, 6.45) is 1.84. The van der Waals surface area contributed by atoms with Crippen molar-refractivity contribution in [2.45, 2.75) is 31.7 Å². The molecule has 0 saturated heterocycles. The molecule has 3 rings (SSSR count). The van der Waals surface area contributed by atoms with Crippen LogP contribution in [0.3, 0.4) is 0 Å². The molecule has 6 heteroatoms. The van der Waals surface area contributed by atoms with E-state index in [1.54, 1.807) is 12.1 Å². The molecule has 31 heavy (non-hydrogen) atoms. The maximum absolute atomic E-state index is 12.6. The molecule has 0 radical (unpaired) electrons. The Morgan fingerprint density at radius 2 is 1.61 bits per heavy atom. The second-order valence-corrected chi connectivity index (χ2v) is 7.37. The number of hydrogen-bond donors (Lipinski definition) is 2. The lowest BCUT2D eigenvalue weighted by Crippen LogP contribution is -2.40. The van der Waals surface area contributed by atoms with E-state index in [2.05, 4.69) is 5.32 Å². The third kappa shape index (κ3) is 6.76. The van der Waals surface area contributed by atoms with Gasteiger partial charge in [-0.05, 0) is 54.3 Å². The summed E-state index contributed by atoms with van der Waals surface area (Å²) in [4.78, 5) is 36.3. The number of rotatable bonds is 10. The molecule has 0 fully saturated rings. The molecule has 0 spiro atoms. The zero-order chi connectivity index (χ0) is 22.1. The van der Waals surface area contributed by atoms with Crippen molar-refractivity contribution in [2.24, 2.45) is 5.73 Å². The molecule has 3 aromatic carbocycles. The van der Waals surface area contributed by atoms with Gasteiger partial charge in [-0.2, -0.15) is 0 Å². The highest BCUT2D eigenvalue weighted by molar-refractivity contribution is 6.01. The van der Waals surface area contributed by atoms with Crippen LogP contribution < -0.4 is 11.1 Å². The minimum absolute atomic E-state index is 0.0234. The Labute approximate surface area is 181 Å². The number of nitrogens with two attached hydrogens (primary N) is 1. The highest BCUT2D eigenvalue weighted by Gasteiger charge is 2.23. The first kappa shape index (κ1) is 22.2. The van der Waals surface area contributed by atoms with Crippen molar-refractivity contribution < 1.29 is 19.1 Å². The number of fused-ring (bicyclic) bond motifs is 1. The average Bonchev–Trinajstić information content (AvgIpc) is 2.78. The number of esters is 2. The number of carbonyl (C=O) groups excluding carboxylic acids is 3. The molecule has 160 valence electrons. The summed E-state index contributed by atoms with van der Waals surface area (Å²) in [5.74, 6) is -1.94. The molecule has 1 amide bonds. The number of amides is 1. The number of aryl methyl sites for hydroxylation is 1. The van der Waals surface area contributed by atoms with Gasteiger partial charge in [0.15, 0.2) is 0 Å². The van der Waals surface area contributed by atoms with Crippen LogP contribution in [0.5, 0.6) is 0 Å². The fourth-order valence-corrected chi connectivity index (χ4v) is 3.34. The van der Waals surface area contributed by atoms with Crippen molar-refractivity contribution in [2.75, 3.05) is 6.54 Å². The number of benzene rings is 3. The Balaban J connectivity index is 1.58. The Bertz CT molecular complexity index is 1050. The van der Waals surface area contributed by atoms with Gasteiger partial charge in [-0.3, -0.25) is 4.79 Å². The van der Waals surface area contributed by atoms with Crippen LogP contribution in [-0.2, 0) is 20.7 Å². The Morgan fingerprint density at radius 1 is 0.903 bits per heavy atom. The lowest BCUT2D eigenvalue weighted by atomic mass is 10.1. The second kappa shape index (κ2) is 11.0. The third-order valence-electron chi connectivity index (χ3n) is 5.02. The summed E-state index contributed by atoms with van der Waals surface area (Å²) in [5.41, 5.74) is 6.73. The van der Waals surface area contributed by atoms with Crippen molar-refractivity contribution in [1.29, 1.82) is 0 Å². The number of carbonyl (C=O) groups is 3. The second-order valence-electron chi connectivity index (χ2n) is 7.37. The van der Waals surface area contributed by atoms with Gasteiger partial charge in [0, 0.05) is 6.42 Å². The molecule has 0 aromatic heterocycles. The minimum Gasteiger partial charge on any atom is -0.388 e. The van der Waals surface area contributed by atoms with Crippen LogP contribution in [0.2, 0.25) is 0 Å². The fourth-order valence-electron chi connectivity index (χ4n) is 3.34. The molecule has 0 aliphatic carbocycles. The number of nitrogens with one attached hydrogen (secondary N) is 1. The molecule has 0 aliphatic heterocycles. The van der Waals surface area contributed by atoms with Crippen molar-refractivity contribution in [1.82, 2.24) is 5.32 Å². The molecule has 3 aromatic rings. The molecule has 0 unspecified atom stereocenters. The van der Waals surface area contributed by atoms with Crippen molar-refractivity contribution >= 4 is 28.6 Å². The van der Waals surface area contributed by atoms with E-state index in [9.17, 15) is 14.4 Å². The molecule has 0 saturated carbocycles. The minimum atomic E-state index is -0.785. The molecule has 3 N–H and O–H groups in total. The Kier molecular flexibility index (Phi) is 7.90. The van der Waals surface area contributed by atoms with E-state index in [4.69, 9.17) is 10.5 Å². The van der Waals surface area contributed by atoms with E-state index in [-0.39, 0.29) is 12.8 Å². The Morgan fingerprint density at radius 3 is 2.35 bits per heavy atom. The molecule has 1 atom stereocenters. The van der Waals surface area contributed by atoms with E-state index >= 15 is 0 Å². The van der Waals surface area contributed by atoms with Gasteiger partial charge < -0.3 is 15.8 Å². The maximum atomic E-state index is 12.6. The molecule has 6 nitrogen and oxygen atoms in total. The van der Waals surface area contributed by atoms with Crippen molar-refractivity contribution in [3.05, 3.63) is 83.9 Å². The number of hydrogen-bond acceptors (Lipinski definition) is 5. The van der Waals surface area contributed by atoms with Gasteiger partial charge in [-0.1, -0.05) is 60.7 Å². The van der Waals surface area contributed by atoms with Gasteiger partial charge >= 0.3 is 11.9 Å². The van der Waals surface area contributed by atoms with Crippen LogP contribution >= 0.6 is 0 Å². The van der Waals surface area contributed by atoms with Gasteiger partial charge in [-0.15, -0.1) is 0 Å². The SMILES string of the molecule is NC(=O)CC[C@H](NCCCc1ccccc1)C(=O)OC(=O)c1ccc2ccccc2c1. The number of primary amides is 1. The van der Waals surface area contributed by atoms with E-state index < -0.39 is 23.9 Å². The molecular formula is C25H26N2O4. The monoisotopic (exact) mass is 418 g/mol. The first-order valence-electron chi connectivity index (χ1n) is 10.3. The van der Waals surface area contributed by atoms with Crippen molar-refractivity contribution in [3.63, 3.8) is 0 Å².